The van der Waals surface area contributed by atoms with Gasteiger partial charge in [-0.3, -0.25) is 4.79 Å². The molecule has 4 heteroatoms. The van der Waals surface area contributed by atoms with Gasteiger partial charge in [0.25, 0.3) is 0 Å². The second-order valence-corrected chi connectivity index (χ2v) is 3.79. The van der Waals surface area contributed by atoms with Crippen molar-refractivity contribution < 1.29 is 4.79 Å². The highest BCUT2D eigenvalue weighted by atomic mass is 16.1. The van der Waals surface area contributed by atoms with Crippen LogP contribution in [-0.2, 0) is 11.3 Å². The van der Waals surface area contributed by atoms with Crippen molar-refractivity contribution in [2.75, 3.05) is 6.54 Å². The highest BCUT2D eigenvalue weighted by molar-refractivity contribution is 5.79. The zero-order chi connectivity index (χ0) is 11.4. The van der Waals surface area contributed by atoms with Crippen LogP contribution in [-0.4, -0.2) is 17.4 Å². The Morgan fingerprint density at radius 2 is 2.25 bits per heavy atom. The minimum atomic E-state index is -0.271. The lowest BCUT2D eigenvalue weighted by Gasteiger charge is -2.03. The molecule has 1 aromatic heterocycles. The van der Waals surface area contributed by atoms with Crippen molar-refractivity contribution in [2.45, 2.75) is 13.0 Å². The molecule has 0 aliphatic rings. The van der Waals surface area contributed by atoms with Gasteiger partial charge in [-0.15, -0.1) is 0 Å². The maximum atomic E-state index is 10.5. The molecule has 0 unspecified atom stereocenters. The lowest BCUT2D eigenvalue weighted by atomic mass is 10.1. The number of nitrogens with one attached hydrogen (secondary N) is 2. The smallest absolute Gasteiger partial charge is 0.218 e. The molecule has 0 aliphatic heterocycles. The van der Waals surface area contributed by atoms with Crippen molar-refractivity contribution in [3.63, 3.8) is 0 Å². The van der Waals surface area contributed by atoms with Crippen LogP contribution < -0.4 is 11.1 Å². The number of fused-ring (bicyclic) bond motifs is 1. The molecule has 0 saturated heterocycles. The highest BCUT2D eigenvalue weighted by Crippen LogP contribution is 2.13. The van der Waals surface area contributed by atoms with Crippen molar-refractivity contribution in [3.8, 4) is 0 Å². The Hall–Kier alpha value is -1.81. The first-order valence-corrected chi connectivity index (χ1v) is 5.31. The van der Waals surface area contributed by atoms with E-state index in [1.54, 1.807) is 0 Å². The van der Waals surface area contributed by atoms with Crippen LogP contribution in [0.2, 0.25) is 0 Å². The number of aromatic amines is 1. The van der Waals surface area contributed by atoms with Crippen LogP contribution in [0.15, 0.2) is 30.5 Å². The largest absolute Gasteiger partial charge is 0.370 e. The summed E-state index contributed by atoms with van der Waals surface area (Å²) in [4.78, 5) is 13.7. The van der Waals surface area contributed by atoms with E-state index < -0.39 is 0 Å². The van der Waals surface area contributed by atoms with Gasteiger partial charge in [-0.05, 0) is 23.1 Å². The molecule has 0 saturated carbocycles. The van der Waals surface area contributed by atoms with Crippen molar-refractivity contribution >= 4 is 16.8 Å². The molecule has 2 aromatic rings. The third-order valence-electron chi connectivity index (χ3n) is 2.50. The quantitative estimate of drug-likeness (QED) is 0.657. The van der Waals surface area contributed by atoms with Gasteiger partial charge in [0.05, 0.1) is 0 Å². The number of H-pyrrole nitrogens is 1. The second kappa shape index (κ2) is 4.81. The van der Waals surface area contributed by atoms with Gasteiger partial charge >= 0.3 is 0 Å². The molecule has 2 rings (SSSR count). The summed E-state index contributed by atoms with van der Waals surface area (Å²) in [5, 5.41) is 4.38. The first-order valence-electron chi connectivity index (χ1n) is 5.31. The highest BCUT2D eigenvalue weighted by Gasteiger charge is 1.98. The number of carbonyl (C=O) groups is 1. The Morgan fingerprint density at radius 3 is 3.06 bits per heavy atom. The zero-order valence-corrected chi connectivity index (χ0v) is 8.99. The maximum absolute atomic E-state index is 10.5. The number of amides is 1. The molecule has 1 aromatic carbocycles. The van der Waals surface area contributed by atoms with Crippen LogP contribution in [0.1, 0.15) is 12.0 Å². The molecule has 16 heavy (non-hydrogen) atoms. The Kier molecular flexibility index (Phi) is 3.22. The predicted octanol–water partition coefficient (Wildman–Crippen LogP) is 1.13. The third kappa shape index (κ3) is 2.61. The van der Waals surface area contributed by atoms with Crippen LogP contribution in [0, 0.1) is 0 Å². The van der Waals surface area contributed by atoms with E-state index in [9.17, 15) is 4.79 Å². The van der Waals surface area contributed by atoms with E-state index in [0.29, 0.717) is 13.0 Å². The SMILES string of the molecule is NC(=O)CCNCc1ccc2cc[nH]c2c1. The van der Waals surface area contributed by atoms with Crippen LogP contribution in [0.25, 0.3) is 10.9 Å². The number of hydrogen-bond donors (Lipinski definition) is 3. The van der Waals surface area contributed by atoms with Crippen molar-refractivity contribution in [2.24, 2.45) is 5.73 Å². The Morgan fingerprint density at radius 1 is 1.38 bits per heavy atom. The summed E-state index contributed by atoms with van der Waals surface area (Å²) in [6.07, 6.45) is 2.31. The molecule has 0 aliphatic carbocycles. The van der Waals surface area contributed by atoms with Gasteiger partial charge in [0.15, 0.2) is 0 Å². The second-order valence-electron chi connectivity index (χ2n) is 3.79. The predicted molar refractivity (Wildman–Crippen MR) is 63.8 cm³/mol. The summed E-state index contributed by atoms with van der Waals surface area (Å²) in [7, 11) is 0. The number of rotatable bonds is 5. The molecule has 0 atom stereocenters. The van der Waals surface area contributed by atoms with Crippen molar-refractivity contribution in [3.05, 3.63) is 36.0 Å². The fraction of sp³-hybridized carbons (Fsp3) is 0.250. The molecule has 1 amide bonds. The van der Waals surface area contributed by atoms with Crippen LogP contribution >= 0.6 is 0 Å². The summed E-state index contributed by atoms with van der Waals surface area (Å²) in [5.41, 5.74) is 7.38. The average Bonchev–Trinajstić information content (AvgIpc) is 2.71. The monoisotopic (exact) mass is 217 g/mol. The number of aromatic nitrogens is 1. The Labute approximate surface area is 93.8 Å². The van der Waals surface area contributed by atoms with Crippen molar-refractivity contribution in [1.29, 1.82) is 0 Å². The van der Waals surface area contributed by atoms with E-state index in [1.165, 1.54) is 10.9 Å². The lowest BCUT2D eigenvalue weighted by molar-refractivity contribution is -0.117. The number of benzene rings is 1. The van der Waals surface area contributed by atoms with E-state index >= 15 is 0 Å². The van der Waals surface area contributed by atoms with Gasteiger partial charge < -0.3 is 16.0 Å². The minimum Gasteiger partial charge on any atom is -0.370 e. The summed E-state index contributed by atoms with van der Waals surface area (Å²) in [6.45, 7) is 1.38. The van der Waals surface area contributed by atoms with Crippen LogP contribution in [0.4, 0.5) is 0 Å². The molecule has 0 bridgehead atoms. The molecule has 0 spiro atoms. The van der Waals surface area contributed by atoms with Gasteiger partial charge in [-0.1, -0.05) is 12.1 Å². The number of hydrogen-bond acceptors (Lipinski definition) is 2. The maximum Gasteiger partial charge on any atom is 0.218 e. The summed E-state index contributed by atoms with van der Waals surface area (Å²) in [5.74, 6) is -0.271. The van der Waals surface area contributed by atoms with Crippen molar-refractivity contribution in [1.82, 2.24) is 10.3 Å². The van der Waals surface area contributed by atoms with E-state index in [4.69, 9.17) is 5.73 Å². The molecular formula is C12H15N3O. The third-order valence-corrected chi connectivity index (χ3v) is 2.50. The molecular weight excluding hydrogens is 202 g/mol. The van der Waals surface area contributed by atoms with Crippen LogP contribution in [0.3, 0.4) is 0 Å². The standard InChI is InChI=1S/C12H15N3O/c13-12(16)4-5-14-8-9-1-2-10-3-6-15-11(10)7-9/h1-3,6-7,14-15H,4-5,8H2,(H2,13,16). The molecule has 1 heterocycles. The zero-order valence-electron chi connectivity index (χ0n) is 8.99. The number of nitrogens with two attached hydrogens (primary N) is 1. The Balaban J connectivity index is 1.91. The fourth-order valence-electron chi connectivity index (χ4n) is 1.65. The van der Waals surface area contributed by atoms with Crippen LogP contribution in [0.5, 0.6) is 0 Å². The number of primary amides is 1. The van der Waals surface area contributed by atoms with Gasteiger partial charge in [-0.2, -0.15) is 0 Å². The normalized spacial score (nSPS) is 10.8. The van der Waals surface area contributed by atoms with Gasteiger partial charge in [0.2, 0.25) is 5.91 Å². The summed E-state index contributed by atoms with van der Waals surface area (Å²) in [6, 6.07) is 8.30. The van der Waals surface area contributed by atoms with E-state index in [2.05, 4.69) is 28.5 Å². The summed E-state index contributed by atoms with van der Waals surface area (Å²) >= 11 is 0. The molecule has 0 fully saturated rings. The first-order chi connectivity index (χ1) is 7.75. The molecule has 84 valence electrons. The molecule has 4 N–H and O–H groups in total. The molecule has 0 radical (unpaired) electrons. The van der Waals surface area contributed by atoms with Gasteiger partial charge in [0.1, 0.15) is 0 Å². The first kappa shape index (κ1) is 10.7. The average molecular weight is 217 g/mol. The Bertz CT molecular complexity index is 490. The van der Waals surface area contributed by atoms with Gasteiger partial charge in [-0.25, -0.2) is 0 Å². The minimum absolute atomic E-state index is 0.271. The van der Waals surface area contributed by atoms with E-state index in [1.807, 2.05) is 12.3 Å². The summed E-state index contributed by atoms with van der Waals surface area (Å²) < 4.78 is 0. The van der Waals surface area contributed by atoms with Gasteiger partial charge in [0, 0.05) is 31.2 Å². The number of carbonyl (C=O) groups excluding carboxylic acids is 1. The van der Waals surface area contributed by atoms with E-state index in [0.717, 1.165) is 12.1 Å². The fourth-order valence-corrected chi connectivity index (χ4v) is 1.65. The van der Waals surface area contributed by atoms with E-state index in [-0.39, 0.29) is 5.91 Å². The molecule has 4 nitrogen and oxygen atoms in total. The lowest BCUT2D eigenvalue weighted by Crippen LogP contribution is -2.21. The topological polar surface area (TPSA) is 70.9 Å².